The quantitative estimate of drug-likeness (QED) is 0.166. The van der Waals surface area contributed by atoms with Crippen molar-refractivity contribution in [2.24, 2.45) is 5.73 Å². The molecule has 160 valence electrons. The van der Waals surface area contributed by atoms with Crippen molar-refractivity contribution < 1.29 is 28.9 Å². The second-order valence-electron chi connectivity index (χ2n) is 6.75. The Morgan fingerprint density at radius 2 is 1.97 bits per heavy atom. The van der Waals surface area contributed by atoms with Gasteiger partial charge in [-0.2, -0.15) is 0 Å². The third-order valence-corrected chi connectivity index (χ3v) is 4.22. The average molecular weight is 410 g/mol. The van der Waals surface area contributed by atoms with E-state index >= 15 is 0 Å². The number of amides is 2. The minimum absolute atomic E-state index is 0.0469. The van der Waals surface area contributed by atoms with E-state index in [1.165, 1.54) is 12.1 Å². The number of carbonyl (C=O) groups excluding carboxylic acids is 2. The van der Waals surface area contributed by atoms with Crippen LogP contribution in [-0.4, -0.2) is 67.1 Å². The number of carboxylic acids is 1. The Labute approximate surface area is 169 Å². The third-order valence-electron chi connectivity index (χ3n) is 4.22. The van der Waals surface area contributed by atoms with Crippen LogP contribution in [0.15, 0.2) is 18.2 Å². The largest absolute Gasteiger partial charge is 0.480 e. The lowest BCUT2D eigenvalue weighted by Gasteiger charge is -2.15. The van der Waals surface area contributed by atoms with Crippen molar-refractivity contribution in [3.05, 3.63) is 29.6 Å². The summed E-state index contributed by atoms with van der Waals surface area (Å²) in [6, 6.07) is 2.78. The number of carbonyl (C=O) groups is 3. The second kappa shape index (κ2) is 12.9. The van der Waals surface area contributed by atoms with E-state index in [0.29, 0.717) is 31.3 Å². The molecule has 0 aromatic heterocycles. The number of hydrogen-bond acceptors (Lipinski definition) is 6. The number of rotatable bonds is 13. The summed E-state index contributed by atoms with van der Waals surface area (Å²) in [6.07, 6.45) is 1.57. The predicted molar refractivity (Wildman–Crippen MR) is 108 cm³/mol. The molecule has 0 unspecified atom stereocenters. The molecule has 0 radical (unpaired) electrons. The van der Waals surface area contributed by atoms with Crippen LogP contribution in [0.1, 0.15) is 36.5 Å². The molecule has 1 aromatic carbocycles. The highest BCUT2D eigenvalue weighted by atomic mass is 19.1. The summed E-state index contributed by atoms with van der Waals surface area (Å²) in [5.41, 5.74) is 5.65. The van der Waals surface area contributed by atoms with E-state index in [2.05, 4.69) is 16.0 Å². The Bertz CT molecular complexity index is 707. The molecule has 0 heterocycles. The SMILES string of the molecule is C[C@H](CNC(=O)c1ccc(BO)cc1F)NCC(=O)NCCCC[C@H](N)C(=O)O. The predicted octanol–water partition coefficient (Wildman–Crippen LogP) is -1.80. The lowest BCUT2D eigenvalue weighted by Crippen LogP contribution is -2.43. The number of carboxylic acid groups (broad SMARTS) is 1. The van der Waals surface area contributed by atoms with Gasteiger partial charge in [0.05, 0.1) is 12.1 Å². The molecule has 9 nitrogen and oxygen atoms in total. The number of aliphatic carboxylic acids is 1. The monoisotopic (exact) mass is 410 g/mol. The zero-order chi connectivity index (χ0) is 21.8. The molecule has 1 aromatic rings. The van der Waals surface area contributed by atoms with E-state index in [1.54, 1.807) is 6.92 Å². The molecule has 29 heavy (non-hydrogen) atoms. The Balaban J connectivity index is 2.21. The van der Waals surface area contributed by atoms with Gasteiger partial charge in [-0.1, -0.05) is 11.5 Å². The highest BCUT2D eigenvalue weighted by molar-refractivity contribution is 6.45. The zero-order valence-electron chi connectivity index (χ0n) is 16.4. The van der Waals surface area contributed by atoms with Gasteiger partial charge in [-0.15, -0.1) is 0 Å². The zero-order valence-corrected chi connectivity index (χ0v) is 16.4. The number of benzene rings is 1. The van der Waals surface area contributed by atoms with Crippen LogP contribution in [-0.2, 0) is 9.59 Å². The van der Waals surface area contributed by atoms with Crippen LogP contribution >= 0.6 is 0 Å². The topological polar surface area (TPSA) is 154 Å². The highest BCUT2D eigenvalue weighted by Crippen LogP contribution is 2.04. The van der Waals surface area contributed by atoms with E-state index in [-0.39, 0.29) is 38.1 Å². The molecule has 2 atom stereocenters. The molecule has 0 aliphatic rings. The molecule has 0 fully saturated rings. The van der Waals surface area contributed by atoms with Crippen molar-refractivity contribution in [2.45, 2.75) is 38.3 Å². The lowest BCUT2D eigenvalue weighted by molar-refractivity contribution is -0.138. The summed E-state index contributed by atoms with van der Waals surface area (Å²) in [5, 5.41) is 25.9. The minimum Gasteiger partial charge on any atom is -0.480 e. The molecule has 0 aliphatic carbocycles. The summed E-state index contributed by atoms with van der Waals surface area (Å²) < 4.78 is 13.8. The number of nitrogens with one attached hydrogen (secondary N) is 3. The molecule has 0 spiro atoms. The van der Waals surface area contributed by atoms with Gasteiger partial charge in [0.1, 0.15) is 11.9 Å². The molecule has 1 rings (SSSR count). The minimum atomic E-state index is -1.04. The standard InChI is InChI=1S/C18H28BFN4O5/c1-11(9-24-17(26)13-6-5-12(19-29)8-14(13)20)23-10-16(25)22-7-3-2-4-15(21)18(27)28/h5-6,8,11,15,19,23,29H,2-4,7,9-10,21H2,1H3,(H,22,25)(H,24,26)(H,27,28)/t11-,15+/m1/s1. The van der Waals surface area contributed by atoms with Crippen molar-refractivity contribution in [1.29, 1.82) is 0 Å². The van der Waals surface area contributed by atoms with Crippen LogP contribution in [0.2, 0.25) is 0 Å². The van der Waals surface area contributed by atoms with Gasteiger partial charge in [0, 0.05) is 19.1 Å². The molecule has 11 heteroatoms. The average Bonchev–Trinajstić information content (AvgIpc) is 2.69. The molecule has 0 saturated carbocycles. The fourth-order valence-electron chi connectivity index (χ4n) is 2.42. The molecular weight excluding hydrogens is 382 g/mol. The maximum Gasteiger partial charge on any atom is 0.320 e. The molecule has 7 N–H and O–H groups in total. The van der Waals surface area contributed by atoms with E-state index in [4.69, 9.17) is 15.9 Å². The van der Waals surface area contributed by atoms with E-state index in [1.807, 2.05) is 0 Å². The summed E-state index contributed by atoms with van der Waals surface area (Å²) in [6.45, 7) is 2.43. The normalized spacial score (nSPS) is 12.7. The Hall–Kier alpha value is -2.50. The van der Waals surface area contributed by atoms with Crippen molar-refractivity contribution in [2.75, 3.05) is 19.6 Å². The van der Waals surface area contributed by atoms with Gasteiger partial charge >= 0.3 is 13.5 Å². The van der Waals surface area contributed by atoms with E-state index in [0.717, 1.165) is 6.07 Å². The Kier molecular flexibility index (Phi) is 10.9. The van der Waals surface area contributed by atoms with E-state index < -0.39 is 23.7 Å². The van der Waals surface area contributed by atoms with Gasteiger partial charge in [0.2, 0.25) is 5.91 Å². The van der Waals surface area contributed by atoms with Gasteiger partial charge in [0.25, 0.3) is 5.91 Å². The maximum absolute atomic E-state index is 13.8. The molecule has 0 saturated heterocycles. The first kappa shape index (κ1) is 24.5. The van der Waals surface area contributed by atoms with E-state index in [9.17, 15) is 18.8 Å². The number of nitrogens with two attached hydrogens (primary N) is 1. The van der Waals surface area contributed by atoms with Gasteiger partial charge in [0.15, 0.2) is 0 Å². The first-order valence-electron chi connectivity index (χ1n) is 9.40. The molecule has 0 aliphatic heterocycles. The van der Waals surface area contributed by atoms with Crippen molar-refractivity contribution >= 4 is 30.7 Å². The van der Waals surface area contributed by atoms with Gasteiger partial charge in [-0.05, 0) is 38.3 Å². The van der Waals surface area contributed by atoms with Crippen LogP contribution in [0.3, 0.4) is 0 Å². The first-order chi connectivity index (χ1) is 13.7. The summed E-state index contributed by atoms with van der Waals surface area (Å²) >= 11 is 0. The lowest BCUT2D eigenvalue weighted by atomic mass is 9.88. The molecule has 0 bridgehead atoms. The summed E-state index contributed by atoms with van der Waals surface area (Å²) in [5.74, 6) is -2.55. The Morgan fingerprint density at radius 1 is 1.24 bits per heavy atom. The van der Waals surface area contributed by atoms with Gasteiger partial charge in [-0.3, -0.25) is 14.4 Å². The second-order valence-corrected chi connectivity index (χ2v) is 6.75. The molecular formula is C18H28BFN4O5. The third kappa shape index (κ3) is 9.50. The Morgan fingerprint density at radius 3 is 2.59 bits per heavy atom. The van der Waals surface area contributed by atoms with Crippen LogP contribution in [0, 0.1) is 5.82 Å². The van der Waals surface area contributed by atoms with Crippen molar-refractivity contribution in [1.82, 2.24) is 16.0 Å². The number of hydrogen-bond donors (Lipinski definition) is 6. The van der Waals surface area contributed by atoms with Crippen LogP contribution < -0.4 is 27.1 Å². The number of halogens is 1. The fourth-order valence-corrected chi connectivity index (χ4v) is 2.42. The molecule has 2 amide bonds. The van der Waals surface area contributed by atoms with Crippen LogP contribution in [0.25, 0.3) is 0 Å². The maximum atomic E-state index is 13.8. The van der Waals surface area contributed by atoms with Crippen LogP contribution in [0.4, 0.5) is 4.39 Å². The van der Waals surface area contributed by atoms with Crippen molar-refractivity contribution in [3.63, 3.8) is 0 Å². The fraction of sp³-hybridized carbons (Fsp3) is 0.500. The summed E-state index contributed by atoms with van der Waals surface area (Å²) in [7, 11) is -0.308. The van der Waals surface area contributed by atoms with Crippen molar-refractivity contribution in [3.8, 4) is 0 Å². The number of unbranched alkanes of at least 4 members (excludes halogenated alkanes) is 1. The first-order valence-corrected chi connectivity index (χ1v) is 9.40. The summed E-state index contributed by atoms with van der Waals surface area (Å²) in [4.78, 5) is 34.4. The highest BCUT2D eigenvalue weighted by Gasteiger charge is 2.14. The van der Waals surface area contributed by atoms with Gasteiger partial charge < -0.3 is 31.8 Å². The van der Waals surface area contributed by atoms with Crippen LogP contribution in [0.5, 0.6) is 0 Å². The van der Waals surface area contributed by atoms with Gasteiger partial charge in [-0.25, -0.2) is 4.39 Å². The smallest absolute Gasteiger partial charge is 0.320 e.